The largest absolute Gasteiger partial charge is 0.497 e. The number of anilines is 1. The smallest absolute Gasteiger partial charge is 0.254 e. The van der Waals surface area contributed by atoms with Gasteiger partial charge in [0.15, 0.2) is 5.76 Å². The molecule has 1 aliphatic heterocycles. The van der Waals surface area contributed by atoms with E-state index in [0.29, 0.717) is 24.5 Å². The van der Waals surface area contributed by atoms with Gasteiger partial charge in [0.1, 0.15) is 18.0 Å². The van der Waals surface area contributed by atoms with Gasteiger partial charge in [-0.25, -0.2) is 4.98 Å². The summed E-state index contributed by atoms with van der Waals surface area (Å²) in [5, 5.41) is 0. The Morgan fingerprint density at radius 3 is 2.52 bits per heavy atom. The van der Waals surface area contributed by atoms with Crippen molar-refractivity contribution in [2.45, 2.75) is 6.54 Å². The third-order valence-corrected chi connectivity index (χ3v) is 5.03. The van der Waals surface area contributed by atoms with Gasteiger partial charge in [0.05, 0.1) is 19.7 Å². The summed E-state index contributed by atoms with van der Waals surface area (Å²) in [6, 6.07) is 12.7. The molecular weight excluding hydrogens is 372 g/mol. The number of piperazine rings is 1. The minimum absolute atomic E-state index is 0.0210. The van der Waals surface area contributed by atoms with E-state index in [-0.39, 0.29) is 18.0 Å². The van der Waals surface area contributed by atoms with E-state index in [0.717, 1.165) is 24.5 Å². The maximum absolute atomic E-state index is 12.6. The van der Waals surface area contributed by atoms with Crippen LogP contribution >= 0.6 is 0 Å². The first kappa shape index (κ1) is 18.8. The number of aromatic nitrogens is 2. The van der Waals surface area contributed by atoms with E-state index >= 15 is 0 Å². The highest BCUT2D eigenvalue weighted by Gasteiger charge is 2.22. The number of benzene rings is 1. The fourth-order valence-electron chi connectivity index (χ4n) is 3.36. The summed E-state index contributed by atoms with van der Waals surface area (Å²) >= 11 is 0. The van der Waals surface area contributed by atoms with Crippen molar-refractivity contribution in [1.29, 1.82) is 0 Å². The van der Waals surface area contributed by atoms with Crippen molar-refractivity contribution in [3.05, 3.63) is 65.4 Å². The zero-order valence-electron chi connectivity index (χ0n) is 16.2. The Morgan fingerprint density at radius 1 is 1.14 bits per heavy atom. The van der Waals surface area contributed by atoms with Crippen LogP contribution in [0.25, 0.3) is 11.5 Å². The van der Waals surface area contributed by atoms with Gasteiger partial charge in [0.25, 0.3) is 5.56 Å². The molecule has 1 saturated heterocycles. The number of methoxy groups -OCH3 is 1. The maximum Gasteiger partial charge on any atom is 0.254 e. The van der Waals surface area contributed by atoms with Crippen LogP contribution < -0.4 is 15.2 Å². The van der Waals surface area contributed by atoms with E-state index in [1.807, 2.05) is 24.3 Å². The summed E-state index contributed by atoms with van der Waals surface area (Å²) in [7, 11) is 1.64. The van der Waals surface area contributed by atoms with E-state index in [1.165, 1.54) is 23.2 Å². The lowest BCUT2D eigenvalue weighted by Gasteiger charge is -2.36. The Hall–Kier alpha value is -3.55. The van der Waals surface area contributed by atoms with Gasteiger partial charge < -0.3 is 19.0 Å². The standard InChI is InChI=1S/C21H22N4O4/c1-28-17-6-4-16(5-7-17)23-8-10-24(11-9-23)21(27)14-25-15-22-18(13-20(25)26)19-3-2-12-29-19/h2-7,12-13,15H,8-11,14H2,1H3. The number of carbonyl (C=O) groups excluding carboxylic acids is 1. The topological polar surface area (TPSA) is 80.8 Å². The number of rotatable bonds is 5. The molecule has 1 amide bonds. The van der Waals surface area contributed by atoms with Gasteiger partial charge in [-0.05, 0) is 36.4 Å². The second-order valence-electron chi connectivity index (χ2n) is 6.78. The lowest BCUT2D eigenvalue weighted by atomic mass is 10.2. The molecule has 0 atom stereocenters. The molecule has 0 bridgehead atoms. The average Bonchev–Trinajstić information content (AvgIpc) is 3.30. The predicted octanol–water partition coefficient (Wildman–Crippen LogP) is 1.86. The van der Waals surface area contributed by atoms with Crippen LogP contribution in [0.1, 0.15) is 0 Å². The summed E-state index contributed by atoms with van der Waals surface area (Å²) < 4.78 is 11.8. The number of amides is 1. The zero-order valence-corrected chi connectivity index (χ0v) is 16.2. The normalized spacial score (nSPS) is 14.1. The lowest BCUT2D eigenvalue weighted by Crippen LogP contribution is -2.50. The molecule has 0 aliphatic carbocycles. The lowest BCUT2D eigenvalue weighted by molar-refractivity contribution is -0.132. The van der Waals surface area contributed by atoms with E-state index in [4.69, 9.17) is 9.15 Å². The molecule has 3 heterocycles. The number of hydrogen-bond donors (Lipinski definition) is 0. The third kappa shape index (κ3) is 4.16. The number of furan rings is 1. The van der Waals surface area contributed by atoms with Crippen LogP contribution in [0.2, 0.25) is 0 Å². The third-order valence-electron chi connectivity index (χ3n) is 5.03. The minimum Gasteiger partial charge on any atom is -0.497 e. The zero-order chi connectivity index (χ0) is 20.2. The van der Waals surface area contributed by atoms with Crippen molar-refractivity contribution < 1.29 is 13.9 Å². The van der Waals surface area contributed by atoms with Crippen LogP contribution in [0.5, 0.6) is 5.75 Å². The molecule has 4 rings (SSSR count). The van der Waals surface area contributed by atoms with Crippen molar-refractivity contribution in [3.63, 3.8) is 0 Å². The van der Waals surface area contributed by atoms with Gasteiger partial charge in [-0.3, -0.25) is 14.2 Å². The van der Waals surface area contributed by atoms with Crippen molar-refractivity contribution in [2.24, 2.45) is 0 Å². The number of hydrogen-bond acceptors (Lipinski definition) is 6. The summed E-state index contributed by atoms with van der Waals surface area (Å²) in [5.74, 6) is 1.25. The average molecular weight is 394 g/mol. The first-order valence-corrected chi connectivity index (χ1v) is 9.41. The molecule has 150 valence electrons. The summed E-state index contributed by atoms with van der Waals surface area (Å²) in [6.07, 6.45) is 2.92. The molecule has 29 heavy (non-hydrogen) atoms. The van der Waals surface area contributed by atoms with Crippen LogP contribution in [0, 0.1) is 0 Å². The fraction of sp³-hybridized carbons (Fsp3) is 0.286. The number of nitrogens with zero attached hydrogens (tertiary/aromatic N) is 4. The van der Waals surface area contributed by atoms with Crippen LogP contribution in [0.3, 0.4) is 0 Å². The van der Waals surface area contributed by atoms with E-state index in [2.05, 4.69) is 9.88 Å². The molecule has 2 aromatic heterocycles. The highest BCUT2D eigenvalue weighted by atomic mass is 16.5. The molecule has 1 aliphatic rings. The Bertz CT molecular complexity index is 1020. The van der Waals surface area contributed by atoms with Gasteiger partial charge in [-0.15, -0.1) is 0 Å². The van der Waals surface area contributed by atoms with Gasteiger partial charge in [0, 0.05) is 37.9 Å². The first-order valence-electron chi connectivity index (χ1n) is 9.41. The predicted molar refractivity (Wildman–Crippen MR) is 108 cm³/mol. The van der Waals surface area contributed by atoms with Crippen molar-refractivity contribution in [2.75, 3.05) is 38.2 Å². The second-order valence-corrected chi connectivity index (χ2v) is 6.78. The molecule has 3 aromatic rings. The summed E-state index contributed by atoms with van der Waals surface area (Å²) in [6.45, 7) is 2.67. The minimum atomic E-state index is -0.281. The molecule has 0 N–H and O–H groups in total. The van der Waals surface area contributed by atoms with Gasteiger partial charge in [-0.1, -0.05) is 0 Å². The van der Waals surface area contributed by atoms with Crippen LogP contribution in [0.15, 0.2) is 64.3 Å². The maximum atomic E-state index is 12.6. The molecule has 0 radical (unpaired) electrons. The van der Waals surface area contributed by atoms with Crippen molar-refractivity contribution in [1.82, 2.24) is 14.5 Å². The summed E-state index contributed by atoms with van der Waals surface area (Å²) in [5.41, 5.74) is 1.28. The highest BCUT2D eigenvalue weighted by Crippen LogP contribution is 2.20. The summed E-state index contributed by atoms with van der Waals surface area (Å²) in [4.78, 5) is 33.2. The van der Waals surface area contributed by atoms with E-state index < -0.39 is 0 Å². The molecule has 8 nitrogen and oxygen atoms in total. The van der Waals surface area contributed by atoms with Crippen molar-refractivity contribution >= 4 is 11.6 Å². The number of carbonyl (C=O) groups is 1. The van der Waals surface area contributed by atoms with Gasteiger partial charge in [0.2, 0.25) is 5.91 Å². The molecule has 8 heteroatoms. The number of ether oxygens (including phenoxy) is 1. The Labute approximate surface area is 167 Å². The first-order chi connectivity index (χ1) is 14.1. The Morgan fingerprint density at radius 2 is 1.90 bits per heavy atom. The molecule has 0 unspecified atom stereocenters. The van der Waals surface area contributed by atoms with Crippen molar-refractivity contribution in [3.8, 4) is 17.2 Å². The fourth-order valence-corrected chi connectivity index (χ4v) is 3.36. The van der Waals surface area contributed by atoms with Crippen LogP contribution in [0.4, 0.5) is 5.69 Å². The molecule has 0 saturated carbocycles. The SMILES string of the molecule is COc1ccc(N2CCN(C(=O)Cn3cnc(-c4ccco4)cc3=O)CC2)cc1. The highest BCUT2D eigenvalue weighted by molar-refractivity contribution is 5.76. The quantitative estimate of drug-likeness (QED) is 0.657. The molecule has 1 aromatic carbocycles. The van der Waals surface area contributed by atoms with E-state index in [9.17, 15) is 9.59 Å². The van der Waals surface area contributed by atoms with E-state index in [1.54, 1.807) is 24.1 Å². The Balaban J connectivity index is 1.35. The second kappa shape index (κ2) is 8.22. The molecule has 0 spiro atoms. The molecule has 1 fully saturated rings. The van der Waals surface area contributed by atoms with Crippen LogP contribution in [-0.2, 0) is 11.3 Å². The van der Waals surface area contributed by atoms with Gasteiger partial charge in [-0.2, -0.15) is 0 Å². The Kier molecular flexibility index (Phi) is 5.33. The monoisotopic (exact) mass is 394 g/mol. The molecular formula is C21H22N4O4. The van der Waals surface area contributed by atoms with Gasteiger partial charge >= 0.3 is 0 Å². The van der Waals surface area contributed by atoms with Crippen LogP contribution in [-0.4, -0.2) is 53.6 Å².